The highest BCUT2D eigenvalue weighted by molar-refractivity contribution is 5.93. The van der Waals surface area contributed by atoms with Gasteiger partial charge in [-0.25, -0.2) is 4.79 Å². The van der Waals surface area contributed by atoms with Gasteiger partial charge in [0.15, 0.2) is 0 Å². The van der Waals surface area contributed by atoms with Gasteiger partial charge in [-0.15, -0.1) is 0 Å². The number of hydrogen-bond acceptors (Lipinski definition) is 1. The van der Waals surface area contributed by atoms with Gasteiger partial charge in [0.1, 0.15) is 0 Å². The maximum absolute atomic E-state index is 11.0. The number of carboxylic acids is 1. The highest BCUT2D eigenvalue weighted by atomic mass is 16.4. The molecule has 15 heavy (non-hydrogen) atoms. The van der Waals surface area contributed by atoms with Gasteiger partial charge in [-0.2, -0.15) is 0 Å². The second-order valence-corrected chi connectivity index (χ2v) is 4.62. The normalized spacial score (nSPS) is 17.9. The molecule has 0 atom stereocenters. The van der Waals surface area contributed by atoms with Gasteiger partial charge in [-0.3, -0.25) is 0 Å². The van der Waals surface area contributed by atoms with Crippen LogP contribution in [0.15, 0.2) is 29.8 Å². The molecule has 0 radical (unpaired) electrons. The average molecular weight is 202 g/mol. The van der Waals surface area contributed by atoms with Gasteiger partial charge in [-0.05, 0) is 29.0 Å². The summed E-state index contributed by atoms with van der Waals surface area (Å²) in [5.74, 6) is -0.808. The molecule has 2 heteroatoms. The smallest absolute Gasteiger partial charge is 0.331 e. The quantitative estimate of drug-likeness (QED) is 0.760. The average Bonchev–Trinajstić information content (AvgIpc) is 2.16. The van der Waals surface area contributed by atoms with E-state index in [2.05, 4.69) is 19.9 Å². The number of carbonyl (C=O) groups is 1. The van der Waals surface area contributed by atoms with Crippen LogP contribution in [0.1, 0.15) is 31.4 Å². The minimum Gasteiger partial charge on any atom is -0.478 e. The van der Waals surface area contributed by atoms with Crippen LogP contribution in [0, 0.1) is 0 Å². The topological polar surface area (TPSA) is 37.3 Å². The first-order chi connectivity index (χ1) is 7.00. The van der Waals surface area contributed by atoms with Gasteiger partial charge < -0.3 is 5.11 Å². The van der Waals surface area contributed by atoms with Crippen molar-refractivity contribution in [2.24, 2.45) is 0 Å². The Morgan fingerprint density at radius 1 is 1.33 bits per heavy atom. The molecular formula is C13H14O2. The molecule has 0 aliphatic heterocycles. The zero-order valence-electron chi connectivity index (χ0n) is 8.95. The highest BCUT2D eigenvalue weighted by Crippen LogP contribution is 2.38. The third-order valence-electron chi connectivity index (χ3n) is 2.93. The van der Waals surface area contributed by atoms with Gasteiger partial charge in [-0.1, -0.05) is 38.1 Å². The molecule has 0 saturated carbocycles. The molecule has 1 aliphatic carbocycles. The van der Waals surface area contributed by atoms with Crippen LogP contribution in [-0.2, 0) is 10.2 Å². The van der Waals surface area contributed by atoms with Gasteiger partial charge in [0.25, 0.3) is 0 Å². The lowest BCUT2D eigenvalue weighted by atomic mass is 9.73. The van der Waals surface area contributed by atoms with E-state index in [-0.39, 0.29) is 5.41 Å². The van der Waals surface area contributed by atoms with Crippen LogP contribution in [0.3, 0.4) is 0 Å². The molecule has 0 amide bonds. The number of rotatable bonds is 1. The molecule has 1 aliphatic rings. The molecular weight excluding hydrogens is 188 g/mol. The fraction of sp³-hybridized carbons (Fsp3) is 0.308. The molecule has 0 fully saturated rings. The SMILES string of the molecule is CC1(C)CC(C(=O)O)=Cc2ccccc21. The molecule has 78 valence electrons. The number of aliphatic carboxylic acids is 1. The van der Waals surface area contributed by atoms with Crippen molar-refractivity contribution >= 4 is 12.0 Å². The molecule has 1 aromatic rings. The second-order valence-electron chi connectivity index (χ2n) is 4.62. The Morgan fingerprint density at radius 2 is 2.00 bits per heavy atom. The van der Waals surface area contributed by atoms with Crippen molar-refractivity contribution in [3.63, 3.8) is 0 Å². The molecule has 0 saturated heterocycles. The summed E-state index contributed by atoms with van der Waals surface area (Å²) in [5.41, 5.74) is 2.68. The van der Waals surface area contributed by atoms with Crippen molar-refractivity contribution in [1.82, 2.24) is 0 Å². The second kappa shape index (κ2) is 3.23. The standard InChI is InChI=1S/C13H14O2/c1-13(2)8-10(12(14)15)7-9-5-3-4-6-11(9)13/h3-7H,8H2,1-2H3,(H,14,15). The Balaban J connectivity index is 2.59. The Bertz CT molecular complexity index is 442. The third-order valence-corrected chi connectivity index (χ3v) is 2.93. The van der Waals surface area contributed by atoms with E-state index in [4.69, 9.17) is 5.11 Å². The minimum atomic E-state index is -0.808. The lowest BCUT2D eigenvalue weighted by Crippen LogP contribution is -2.24. The van der Waals surface area contributed by atoms with Crippen LogP contribution in [0.25, 0.3) is 6.08 Å². The number of fused-ring (bicyclic) bond motifs is 1. The van der Waals surface area contributed by atoms with Crippen molar-refractivity contribution in [2.75, 3.05) is 0 Å². The molecule has 0 unspecified atom stereocenters. The minimum absolute atomic E-state index is 0.0843. The van der Waals surface area contributed by atoms with Crippen molar-refractivity contribution < 1.29 is 9.90 Å². The summed E-state index contributed by atoms with van der Waals surface area (Å²) < 4.78 is 0. The van der Waals surface area contributed by atoms with E-state index in [1.165, 1.54) is 5.56 Å². The number of hydrogen-bond donors (Lipinski definition) is 1. The first-order valence-corrected chi connectivity index (χ1v) is 5.04. The van der Waals surface area contributed by atoms with Crippen LogP contribution >= 0.6 is 0 Å². The maximum Gasteiger partial charge on any atom is 0.331 e. The molecule has 2 rings (SSSR count). The van der Waals surface area contributed by atoms with E-state index in [1.807, 2.05) is 18.2 Å². The van der Waals surface area contributed by atoms with E-state index in [0.717, 1.165) is 5.56 Å². The Labute approximate surface area is 89.2 Å². The summed E-state index contributed by atoms with van der Waals surface area (Å²) >= 11 is 0. The zero-order valence-corrected chi connectivity index (χ0v) is 8.95. The lowest BCUT2D eigenvalue weighted by molar-refractivity contribution is -0.132. The van der Waals surface area contributed by atoms with Gasteiger partial charge in [0.05, 0.1) is 0 Å². The molecule has 2 nitrogen and oxygen atoms in total. The van der Waals surface area contributed by atoms with Gasteiger partial charge >= 0.3 is 5.97 Å². The first kappa shape index (κ1) is 9.97. The predicted octanol–water partition coefficient (Wildman–Crippen LogP) is 2.84. The molecule has 0 aromatic heterocycles. The summed E-state index contributed by atoms with van der Waals surface area (Å²) in [6.07, 6.45) is 2.38. The number of benzene rings is 1. The van der Waals surface area contributed by atoms with Crippen molar-refractivity contribution in [3.05, 3.63) is 41.0 Å². The van der Waals surface area contributed by atoms with Crippen LogP contribution in [0.2, 0.25) is 0 Å². The Hall–Kier alpha value is -1.57. The van der Waals surface area contributed by atoms with Crippen LogP contribution in [-0.4, -0.2) is 11.1 Å². The van der Waals surface area contributed by atoms with Crippen LogP contribution in [0.5, 0.6) is 0 Å². The van der Waals surface area contributed by atoms with E-state index in [1.54, 1.807) is 6.08 Å². The monoisotopic (exact) mass is 202 g/mol. The Morgan fingerprint density at radius 3 is 2.67 bits per heavy atom. The fourth-order valence-corrected chi connectivity index (χ4v) is 2.19. The molecule has 1 aromatic carbocycles. The predicted molar refractivity (Wildman–Crippen MR) is 59.7 cm³/mol. The van der Waals surface area contributed by atoms with Gasteiger partial charge in [0.2, 0.25) is 0 Å². The zero-order chi connectivity index (χ0) is 11.1. The van der Waals surface area contributed by atoms with Gasteiger partial charge in [0, 0.05) is 5.57 Å². The third kappa shape index (κ3) is 1.67. The van der Waals surface area contributed by atoms with Crippen molar-refractivity contribution in [1.29, 1.82) is 0 Å². The summed E-state index contributed by atoms with van der Waals surface area (Å²) in [7, 11) is 0. The molecule has 0 heterocycles. The van der Waals surface area contributed by atoms with E-state index < -0.39 is 5.97 Å². The molecule has 0 spiro atoms. The molecule has 0 bridgehead atoms. The number of carboxylic acid groups (broad SMARTS) is 1. The summed E-state index contributed by atoms with van der Waals surface area (Å²) in [5, 5.41) is 9.03. The largest absolute Gasteiger partial charge is 0.478 e. The highest BCUT2D eigenvalue weighted by Gasteiger charge is 2.30. The van der Waals surface area contributed by atoms with E-state index in [9.17, 15) is 4.79 Å². The lowest BCUT2D eigenvalue weighted by Gasteiger charge is -2.31. The van der Waals surface area contributed by atoms with Crippen LogP contribution in [0.4, 0.5) is 0 Å². The van der Waals surface area contributed by atoms with Crippen molar-refractivity contribution in [3.8, 4) is 0 Å². The summed E-state index contributed by atoms with van der Waals surface area (Å²) in [6.45, 7) is 4.17. The maximum atomic E-state index is 11.0. The van der Waals surface area contributed by atoms with E-state index >= 15 is 0 Å². The first-order valence-electron chi connectivity index (χ1n) is 5.04. The molecule has 1 N–H and O–H groups in total. The van der Waals surface area contributed by atoms with E-state index in [0.29, 0.717) is 12.0 Å². The fourth-order valence-electron chi connectivity index (χ4n) is 2.19. The Kier molecular flexibility index (Phi) is 2.14. The van der Waals surface area contributed by atoms with Crippen LogP contribution < -0.4 is 0 Å². The summed E-state index contributed by atoms with van der Waals surface area (Å²) in [6, 6.07) is 7.99. The summed E-state index contributed by atoms with van der Waals surface area (Å²) in [4.78, 5) is 11.0. The van der Waals surface area contributed by atoms with Crippen molar-refractivity contribution in [2.45, 2.75) is 25.7 Å².